The highest BCUT2D eigenvalue weighted by Crippen LogP contribution is 2.34. The molecule has 2 aromatic carbocycles. The predicted molar refractivity (Wildman–Crippen MR) is 113 cm³/mol. The molecule has 31 heavy (non-hydrogen) atoms. The van der Waals surface area contributed by atoms with Gasteiger partial charge in [0.05, 0.1) is 24.0 Å². The number of hydrogen-bond acceptors (Lipinski definition) is 3. The van der Waals surface area contributed by atoms with Gasteiger partial charge in [-0.1, -0.05) is 54.6 Å². The highest BCUT2D eigenvalue weighted by atomic mass is 32.1. The minimum Gasteiger partial charge on any atom is -0.329 e. The normalized spacial score (nSPS) is 11.5. The highest BCUT2D eigenvalue weighted by Gasteiger charge is 2.41. The zero-order chi connectivity index (χ0) is 21.8. The molecule has 0 radical (unpaired) electrons. The molecule has 0 saturated heterocycles. The van der Waals surface area contributed by atoms with Crippen molar-refractivity contribution in [3.05, 3.63) is 106 Å². The summed E-state index contributed by atoms with van der Waals surface area (Å²) in [6, 6.07) is 20.9. The molecule has 0 aliphatic heterocycles. The van der Waals surface area contributed by atoms with Gasteiger partial charge in [0.15, 0.2) is 5.69 Å². The maximum atomic E-state index is 14.0. The molecule has 0 spiro atoms. The van der Waals surface area contributed by atoms with Crippen molar-refractivity contribution in [1.29, 1.82) is 0 Å². The number of benzene rings is 2. The molecule has 2 aromatic heterocycles. The highest BCUT2D eigenvalue weighted by molar-refractivity contribution is 7.09. The number of aromatic nitrogens is 2. The monoisotopic (exact) mass is 441 g/mol. The number of nitrogens with zero attached hydrogens (tertiary/aromatic N) is 3. The third kappa shape index (κ3) is 4.69. The summed E-state index contributed by atoms with van der Waals surface area (Å²) in [5.74, 6) is -0.716. The van der Waals surface area contributed by atoms with Crippen LogP contribution in [-0.2, 0) is 19.3 Å². The molecular formula is C23H18F3N3OS. The van der Waals surface area contributed by atoms with Crippen LogP contribution in [0.5, 0.6) is 0 Å². The molecular weight excluding hydrogens is 423 g/mol. The van der Waals surface area contributed by atoms with Gasteiger partial charge in [-0.15, -0.1) is 11.3 Å². The van der Waals surface area contributed by atoms with Gasteiger partial charge in [0.25, 0.3) is 5.91 Å². The molecule has 0 N–H and O–H groups in total. The Morgan fingerprint density at radius 2 is 1.61 bits per heavy atom. The Bertz CT molecular complexity index is 1140. The maximum Gasteiger partial charge on any atom is 0.434 e. The zero-order valence-electron chi connectivity index (χ0n) is 16.3. The smallest absolute Gasteiger partial charge is 0.329 e. The summed E-state index contributed by atoms with van der Waals surface area (Å²) in [5.41, 5.74) is -0.477. The van der Waals surface area contributed by atoms with E-state index < -0.39 is 23.3 Å². The number of alkyl halides is 3. The zero-order valence-corrected chi connectivity index (χ0v) is 17.1. The third-order valence-electron chi connectivity index (χ3n) is 4.70. The quantitative estimate of drug-likeness (QED) is 0.380. The van der Waals surface area contributed by atoms with Crippen LogP contribution in [0.2, 0.25) is 0 Å². The average molecular weight is 441 g/mol. The molecule has 0 saturated carbocycles. The van der Waals surface area contributed by atoms with Crippen molar-refractivity contribution in [2.45, 2.75) is 19.3 Å². The lowest BCUT2D eigenvalue weighted by molar-refractivity contribution is -0.143. The van der Waals surface area contributed by atoms with Crippen molar-refractivity contribution >= 4 is 17.2 Å². The first-order valence-electron chi connectivity index (χ1n) is 9.49. The van der Waals surface area contributed by atoms with E-state index in [4.69, 9.17) is 0 Å². The maximum absolute atomic E-state index is 14.0. The van der Waals surface area contributed by atoms with Crippen LogP contribution in [0.25, 0.3) is 5.69 Å². The third-order valence-corrected chi connectivity index (χ3v) is 5.56. The van der Waals surface area contributed by atoms with Gasteiger partial charge in [0.2, 0.25) is 0 Å². The Hall–Kier alpha value is -3.39. The fraction of sp³-hybridized carbons (Fsp3) is 0.130. The van der Waals surface area contributed by atoms with E-state index in [-0.39, 0.29) is 18.8 Å². The molecule has 0 atom stereocenters. The van der Waals surface area contributed by atoms with E-state index >= 15 is 0 Å². The van der Waals surface area contributed by atoms with Crippen LogP contribution in [0.4, 0.5) is 13.2 Å². The lowest BCUT2D eigenvalue weighted by atomic mass is 10.1. The number of carbonyl (C=O) groups is 1. The molecule has 4 aromatic rings. The fourth-order valence-corrected chi connectivity index (χ4v) is 4.03. The molecule has 4 rings (SSSR count). The first-order chi connectivity index (χ1) is 14.9. The van der Waals surface area contributed by atoms with Gasteiger partial charge in [-0.2, -0.15) is 18.3 Å². The molecule has 8 heteroatoms. The SMILES string of the molecule is O=C(c1cnn(-c2ccccc2)c1C(F)(F)F)N(Cc1ccccc1)Cc1cccs1. The van der Waals surface area contributed by atoms with E-state index in [0.29, 0.717) is 0 Å². The van der Waals surface area contributed by atoms with Crippen molar-refractivity contribution in [1.82, 2.24) is 14.7 Å². The topological polar surface area (TPSA) is 38.1 Å². The summed E-state index contributed by atoms with van der Waals surface area (Å²) < 4.78 is 42.9. The lowest BCUT2D eigenvalue weighted by Gasteiger charge is -2.23. The Labute approximate surface area is 181 Å². The van der Waals surface area contributed by atoms with Crippen LogP contribution in [0, 0.1) is 0 Å². The summed E-state index contributed by atoms with van der Waals surface area (Å²) in [6.45, 7) is 0.393. The number of amides is 1. The molecule has 2 heterocycles. The number of thiophene rings is 1. The average Bonchev–Trinajstić information content (AvgIpc) is 3.44. The standard InChI is InChI=1S/C23H18F3N3OS/c24-23(25,26)21-20(14-27-29(21)18-10-5-2-6-11-18)22(30)28(16-19-12-7-13-31-19)15-17-8-3-1-4-9-17/h1-14H,15-16H2. The largest absolute Gasteiger partial charge is 0.434 e. The fourth-order valence-electron chi connectivity index (χ4n) is 3.31. The van der Waals surface area contributed by atoms with Crippen LogP contribution >= 0.6 is 11.3 Å². The predicted octanol–water partition coefficient (Wildman–Crippen LogP) is 5.80. The van der Waals surface area contributed by atoms with E-state index in [1.54, 1.807) is 18.2 Å². The summed E-state index contributed by atoms with van der Waals surface area (Å²) in [5, 5.41) is 5.78. The second-order valence-corrected chi connectivity index (χ2v) is 7.91. The van der Waals surface area contributed by atoms with Crippen LogP contribution in [0.1, 0.15) is 26.5 Å². The van der Waals surface area contributed by atoms with E-state index in [0.717, 1.165) is 21.3 Å². The first-order valence-corrected chi connectivity index (χ1v) is 10.4. The Kier molecular flexibility index (Phi) is 5.90. The van der Waals surface area contributed by atoms with E-state index in [2.05, 4.69) is 5.10 Å². The van der Waals surface area contributed by atoms with Gasteiger partial charge in [-0.05, 0) is 29.1 Å². The molecule has 0 bridgehead atoms. The Morgan fingerprint density at radius 1 is 0.935 bits per heavy atom. The second-order valence-electron chi connectivity index (χ2n) is 6.88. The summed E-state index contributed by atoms with van der Waals surface area (Å²) in [7, 11) is 0. The van der Waals surface area contributed by atoms with Crippen LogP contribution < -0.4 is 0 Å². The number of carbonyl (C=O) groups excluding carboxylic acids is 1. The van der Waals surface area contributed by atoms with Crippen LogP contribution in [-0.4, -0.2) is 20.6 Å². The molecule has 1 amide bonds. The Balaban J connectivity index is 1.75. The van der Waals surface area contributed by atoms with Gasteiger partial charge in [0, 0.05) is 11.4 Å². The van der Waals surface area contributed by atoms with Crippen LogP contribution in [0.15, 0.2) is 84.4 Å². The minimum atomic E-state index is -4.75. The summed E-state index contributed by atoms with van der Waals surface area (Å²) >= 11 is 1.45. The van der Waals surface area contributed by atoms with Gasteiger partial charge in [-0.25, -0.2) is 4.68 Å². The van der Waals surface area contributed by atoms with E-state index in [9.17, 15) is 18.0 Å². The van der Waals surface area contributed by atoms with Crippen molar-refractivity contribution in [3.8, 4) is 5.69 Å². The van der Waals surface area contributed by atoms with Crippen molar-refractivity contribution in [2.75, 3.05) is 0 Å². The molecule has 158 valence electrons. The number of halogens is 3. The molecule has 0 fully saturated rings. The van der Waals surface area contributed by atoms with Crippen LogP contribution in [0.3, 0.4) is 0 Å². The second kappa shape index (κ2) is 8.77. The van der Waals surface area contributed by atoms with E-state index in [1.807, 2.05) is 47.8 Å². The molecule has 0 aliphatic carbocycles. The molecule has 4 nitrogen and oxygen atoms in total. The minimum absolute atomic E-state index is 0.186. The van der Waals surface area contributed by atoms with Gasteiger partial charge in [0.1, 0.15) is 0 Å². The van der Waals surface area contributed by atoms with E-state index in [1.165, 1.54) is 28.4 Å². The van der Waals surface area contributed by atoms with Gasteiger partial charge < -0.3 is 4.90 Å². The molecule has 0 unspecified atom stereocenters. The van der Waals surface area contributed by atoms with Gasteiger partial charge in [-0.3, -0.25) is 4.79 Å². The first kappa shape index (κ1) is 20.9. The lowest BCUT2D eigenvalue weighted by Crippen LogP contribution is -2.31. The summed E-state index contributed by atoms with van der Waals surface area (Å²) in [4.78, 5) is 15.7. The van der Waals surface area contributed by atoms with Crippen molar-refractivity contribution in [2.24, 2.45) is 0 Å². The molecule has 0 aliphatic rings. The number of rotatable bonds is 6. The van der Waals surface area contributed by atoms with Crippen molar-refractivity contribution in [3.63, 3.8) is 0 Å². The summed E-state index contributed by atoms with van der Waals surface area (Å²) in [6.07, 6.45) is -3.75. The Morgan fingerprint density at radius 3 is 2.23 bits per heavy atom. The number of hydrogen-bond donors (Lipinski definition) is 0. The number of para-hydroxylation sites is 1. The van der Waals surface area contributed by atoms with Gasteiger partial charge >= 0.3 is 6.18 Å². The van der Waals surface area contributed by atoms with Crippen molar-refractivity contribution < 1.29 is 18.0 Å².